The second kappa shape index (κ2) is 38.7. The van der Waals surface area contributed by atoms with Crippen LogP contribution in [0, 0.1) is 0 Å². The molecule has 0 fully saturated rings. The minimum atomic E-state index is -4.26. The number of nitrogens with two attached hydrogens (primary N) is 1. The molecule has 0 radical (unpaired) electrons. The van der Waals surface area contributed by atoms with Crippen molar-refractivity contribution in [2.24, 2.45) is 5.73 Å². The second-order valence-corrected chi connectivity index (χ2v) is 15.7. The first-order valence-corrected chi connectivity index (χ1v) is 22.5. The van der Waals surface area contributed by atoms with E-state index in [1.54, 1.807) is 0 Å². The summed E-state index contributed by atoms with van der Waals surface area (Å²) in [6, 6.07) is 0. The molecule has 0 rings (SSSR count). The van der Waals surface area contributed by atoms with Crippen LogP contribution in [0.15, 0.2) is 0 Å². The van der Waals surface area contributed by atoms with Crippen LogP contribution in [0.1, 0.15) is 213 Å². The molecule has 0 amide bonds. The van der Waals surface area contributed by atoms with Gasteiger partial charge in [-0.2, -0.15) is 0 Å². The summed E-state index contributed by atoms with van der Waals surface area (Å²) in [5.74, 6) is -0.327. The summed E-state index contributed by atoms with van der Waals surface area (Å²) in [7, 11) is -4.26. The maximum absolute atomic E-state index is 12.5. The minimum absolute atomic E-state index is 0.0907. The molecule has 0 aliphatic rings. The van der Waals surface area contributed by atoms with Gasteiger partial charge in [0.15, 0.2) is 0 Å². The van der Waals surface area contributed by atoms with Crippen LogP contribution in [0.5, 0.6) is 0 Å². The SMILES string of the molecule is CCCCCCCCCCCCCCCCCCCCCCCCCC(=O)OC(COCCCCCCCCC)COP(=O)(O)OCCN. The van der Waals surface area contributed by atoms with Crippen molar-refractivity contribution in [1.29, 1.82) is 0 Å². The van der Waals surface area contributed by atoms with E-state index in [-0.39, 0.29) is 32.3 Å². The zero-order valence-electron chi connectivity index (χ0n) is 32.5. The van der Waals surface area contributed by atoms with Gasteiger partial charge >= 0.3 is 13.8 Å². The molecular formula is C40H82NO7P. The lowest BCUT2D eigenvalue weighted by atomic mass is 10.0. The molecule has 294 valence electrons. The van der Waals surface area contributed by atoms with E-state index in [2.05, 4.69) is 13.8 Å². The van der Waals surface area contributed by atoms with Crippen molar-refractivity contribution in [3.05, 3.63) is 0 Å². The van der Waals surface area contributed by atoms with Gasteiger partial charge < -0.3 is 20.1 Å². The number of ether oxygens (including phenoxy) is 2. The first-order chi connectivity index (χ1) is 23.9. The molecule has 2 unspecified atom stereocenters. The predicted octanol–water partition coefficient (Wildman–Crippen LogP) is 12.1. The van der Waals surface area contributed by atoms with Crippen molar-refractivity contribution in [3.8, 4) is 0 Å². The van der Waals surface area contributed by atoms with E-state index in [9.17, 15) is 14.3 Å². The Kier molecular flexibility index (Phi) is 38.3. The summed E-state index contributed by atoms with van der Waals surface area (Å²) in [5.41, 5.74) is 5.35. The van der Waals surface area contributed by atoms with Crippen molar-refractivity contribution in [2.75, 3.05) is 33.0 Å². The first kappa shape index (κ1) is 48.5. The van der Waals surface area contributed by atoms with Crippen LogP contribution in [0.4, 0.5) is 0 Å². The molecular weight excluding hydrogens is 637 g/mol. The number of esters is 1. The molecule has 0 bridgehead atoms. The van der Waals surface area contributed by atoms with Gasteiger partial charge in [-0.1, -0.05) is 194 Å². The monoisotopic (exact) mass is 720 g/mol. The molecule has 0 saturated heterocycles. The summed E-state index contributed by atoms with van der Waals surface area (Å²) in [5, 5.41) is 0. The topological polar surface area (TPSA) is 117 Å². The number of phosphoric acid groups is 1. The van der Waals surface area contributed by atoms with Gasteiger partial charge in [-0.05, 0) is 12.8 Å². The van der Waals surface area contributed by atoms with Gasteiger partial charge in [0.2, 0.25) is 0 Å². The molecule has 8 nitrogen and oxygen atoms in total. The summed E-state index contributed by atoms with van der Waals surface area (Å²) in [6.07, 6.45) is 38.6. The molecule has 0 spiro atoms. The summed E-state index contributed by atoms with van der Waals surface area (Å²) >= 11 is 0. The van der Waals surface area contributed by atoms with Crippen molar-refractivity contribution < 1.29 is 32.8 Å². The van der Waals surface area contributed by atoms with Crippen LogP contribution in [0.25, 0.3) is 0 Å². The largest absolute Gasteiger partial charge is 0.472 e. The van der Waals surface area contributed by atoms with Crippen LogP contribution in [0.3, 0.4) is 0 Å². The van der Waals surface area contributed by atoms with Crippen molar-refractivity contribution in [3.63, 3.8) is 0 Å². The molecule has 0 aliphatic heterocycles. The molecule has 2 atom stereocenters. The van der Waals surface area contributed by atoms with Crippen molar-refractivity contribution in [1.82, 2.24) is 0 Å². The normalized spacial score (nSPS) is 13.5. The van der Waals surface area contributed by atoms with E-state index in [1.807, 2.05) is 0 Å². The average Bonchev–Trinajstić information content (AvgIpc) is 3.09. The number of carbonyl (C=O) groups excluding carboxylic acids is 1. The van der Waals surface area contributed by atoms with Gasteiger partial charge in [-0.15, -0.1) is 0 Å². The van der Waals surface area contributed by atoms with Crippen LogP contribution in [-0.4, -0.2) is 49.9 Å². The summed E-state index contributed by atoms with van der Waals surface area (Å²) in [6.45, 7) is 4.93. The van der Waals surface area contributed by atoms with Gasteiger partial charge in [-0.3, -0.25) is 13.8 Å². The predicted molar refractivity (Wildman–Crippen MR) is 206 cm³/mol. The van der Waals surface area contributed by atoms with E-state index >= 15 is 0 Å². The molecule has 3 N–H and O–H groups in total. The van der Waals surface area contributed by atoms with Crippen LogP contribution in [-0.2, 0) is 27.9 Å². The third-order valence-electron chi connectivity index (χ3n) is 9.27. The number of rotatable bonds is 41. The molecule has 9 heteroatoms. The number of hydrogen-bond acceptors (Lipinski definition) is 7. The third kappa shape index (κ3) is 38.6. The fourth-order valence-electron chi connectivity index (χ4n) is 6.17. The van der Waals surface area contributed by atoms with E-state index < -0.39 is 13.9 Å². The molecule has 0 aliphatic carbocycles. The Morgan fingerprint density at radius 1 is 0.531 bits per heavy atom. The van der Waals surface area contributed by atoms with Crippen LogP contribution in [0.2, 0.25) is 0 Å². The first-order valence-electron chi connectivity index (χ1n) is 21.0. The van der Waals surface area contributed by atoms with E-state index in [0.29, 0.717) is 13.0 Å². The van der Waals surface area contributed by atoms with Gasteiger partial charge in [0.1, 0.15) is 6.10 Å². The number of unbranched alkanes of at least 4 members (excludes halogenated alkanes) is 28. The molecule has 0 aromatic carbocycles. The standard InChI is InChI=1S/C40H82NO7P/c1-3-5-7-9-11-12-13-14-15-16-17-18-19-20-21-22-23-24-25-26-27-29-31-33-40(42)48-39(38-47-49(43,44)46-36-34-41)37-45-35-32-30-28-10-8-6-4-2/h39H,3-38,41H2,1-2H3,(H,43,44). The maximum atomic E-state index is 12.5. The maximum Gasteiger partial charge on any atom is 0.472 e. The molecule has 0 aromatic rings. The van der Waals surface area contributed by atoms with Gasteiger partial charge in [0.05, 0.1) is 19.8 Å². The summed E-state index contributed by atoms with van der Waals surface area (Å²) in [4.78, 5) is 22.3. The quantitative estimate of drug-likeness (QED) is 0.0364. The zero-order chi connectivity index (χ0) is 35.9. The smallest absolute Gasteiger partial charge is 0.457 e. The van der Waals surface area contributed by atoms with Gasteiger partial charge in [0.25, 0.3) is 0 Å². The van der Waals surface area contributed by atoms with Crippen LogP contribution < -0.4 is 5.73 Å². The number of hydrogen-bond donors (Lipinski definition) is 2. The lowest BCUT2D eigenvalue weighted by Gasteiger charge is -2.20. The van der Waals surface area contributed by atoms with Gasteiger partial charge in [-0.25, -0.2) is 4.57 Å². The highest BCUT2D eigenvalue weighted by atomic mass is 31.2. The third-order valence-corrected chi connectivity index (χ3v) is 10.3. The summed E-state index contributed by atoms with van der Waals surface area (Å²) < 4.78 is 33.2. The average molecular weight is 720 g/mol. The minimum Gasteiger partial charge on any atom is -0.457 e. The highest BCUT2D eigenvalue weighted by molar-refractivity contribution is 7.47. The van der Waals surface area contributed by atoms with Crippen LogP contribution >= 0.6 is 7.82 Å². The number of carbonyl (C=O) groups is 1. The Morgan fingerprint density at radius 2 is 0.898 bits per heavy atom. The number of phosphoric ester groups is 1. The Balaban J connectivity index is 3.80. The van der Waals surface area contributed by atoms with Gasteiger partial charge in [0, 0.05) is 19.6 Å². The molecule has 0 aromatic heterocycles. The molecule has 0 saturated carbocycles. The van der Waals surface area contributed by atoms with E-state index in [0.717, 1.165) is 32.1 Å². The van der Waals surface area contributed by atoms with E-state index in [4.69, 9.17) is 24.3 Å². The van der Waals surface area contributed by atoms with E-state index in [1.165, 1.54) is 161 Å². The Labute approximate surface area is 303 Å². The van der Waals surface area contributed by atoms with Crippen molar-refractivity contribution in [2.45, 2.75) is 219 Å². The highest BCUT2D eigenvalue weighted by Gasteiger charge is 2.25. The Morgan fingerprint density at radius 3 is 1.29 bits per heavy atom. The molecule has 0 heterocycles. The highest BCUT2D eigenvalue weighted by Crippen LogP contribution is 2.43. The fourth-order valence-corrected chi connectivity index (χ4v) is 6.94. The fraction of sp³-hybridized carbons (Fsp3) is 0.975. The lowest BCUT2D eigenvalue weighted by Crippen LogP contribution is -2.28. The second-order valence-electron chi connectivity index (χ2n) is 14.2. The molecule has 49 heavy (non-hydrogen) atoms. The van der Waals surface area contributed by atoms with Crippen molar-refractivity contribution >= 4 is 13.8 Å². The zero-order valence-corrected chi connectivity index (χ0v) is 33.3. The Bertz CT molecular complexity index is 727. The lowest BCUT2D eigenvalue weighted by molar-refractivity contribution is -0.154. The Hall–Kier alpha value is -0.500.